The predicted molar refractivity (Wildman–Crippen MR) is 96.4 cm³/mol. The van der Waals surface area contributed by atoms with Crippen LogP contribution < -0.4 is 14.8 Å². The van der Waals surface area contributed by atoms with Gasteiger partial charge in [0.2, 0.25) is 0 Å². The third-order valence-electron chi connectivity index (χ3n) is 3.58. The molecule has 0 heterocycles. The molecule has 124 valence electrons. The van der Waals surface area contributed by atoms with Crippen molar-refractivity contribution in [2.24, 2.45) is 0 Å². The molecule has 0 spiro atoms. The Bertz CT molecular complexity index is 566. The van der Waals surface area contributed by atoms with E-state index < -0.39 is 0 Å². The van der Waals surface area contributed by atoms with Crippen LogP contribution in [-0.4, -0.2) is 13.2 Å². The lowest BCUT2D eigenvalue weighted by molar-refractivity contribution is 0.306. The van der Waals surface area contributed by atoms with Crippen molar-refractivity contribution in [3.05, 3.63) is 54.1 Å². The number of hydrogen-bond donors (Lipinski definition) is 1. The average molecular weight is 313 g/mol. The zero-order valence-corrected chi connectivity index (χ0v) is 14.2. The fourth-order valence-electron chi connectivity index (χ4n) is 2.31. The lowest BCUT2D eigenvalue weighted by Crippen LogP contribution is -2.01. The van der Waals surface area contributed by atoms with Gasteiger partial charge in [0.15, 0.2) is 0 Å². The van der Waals surface area contributed by atoms with Crippen LogP contribution in [0.15, 0.2) is 48.5 Å². The Morgan fingerprint density at radius 2 is 1.70 bits per heavy atom. The highest BCUT2D eigenvalue weighted by molar-refractivity contribution is 5.48. The van der Waals surface area contributed by atoms with Gasteiger partial charge in [-0.05, 0) is 43.2 Å². The second-order valence-corrected chi connectivity index (χ2v) is 5.51. The van der Waals surface area contributed by atoms with Crippen molar-refractivity contribution in [1.29, 1.82) is 0 Å². The first-order valence-corrected chi connectivity index (χ1v) is 8.50. The molecule has 0 amide bonds. The van der Waals surface area contributed by atoms with Crippen LogP contribution in [-0.2, 0) is 6.54 Å². The van der Waals surface area contributed by atoms with Gasteiger partial charge >= 0.3 is 0 Å². The summed E-state index contributed by atoms with van der Waals surface area (Å²) in [7, 11) is 0. The number of anilines is 1. The maximum absolute atomic E-state index is 5.73. The van der Waals surface area contributed by atoms with Crippen molar-refractivity contribution in [3.8, 4) is 11.5 Å². The normalized spacial score (nSPS) is 10.3. The second-order valence-electron chi connectivity index (χ2n) is 5.51. The second kappa shape index (κ2) is 9.78. The van der Waals surface area contributed by atoms with E-state index in [1.807, 2.05) is 43.3 Å². The molecular weight excluding hydrogens is 286 g/mol. The van der Waals surface area contributed by atoms with E-state index in [1.165, 1.54) is 18.4 Å². The van der Waals surface area contributed by atoms with Crippen molar-refractivity contribution in [2.45, 2.75) is 39.7 Å². The SMILES string of the molecule is CCCCCOc1ccc(CNc2cccc(OCC)c2)cc1. The van der Waals surface area contributed by atoms with Gasteiger partial charge in [0.1, 0.15) is 11.5 Å². The van der Waals surface area contributed by atoms with Crippen LogP contribution in [0.1, 0.15) is 38.7 Å². The van der Waals surface area contributed by atoms with Crippen molar-refractivity contribution in [3.63, 3.8) is 0 Å². The summed E-state index contributed by atoms with van der Waals surface area (Å²) in [6.07, 6.45) is 3.57. The number of nitrogens with one attached hydrogen (secondary N) is 1. The molecule has 0 radical (unpaired) electrons. The van der Waals surface area contributed by atoms with E-state index in [-0.39, 0.29) is 0 Å². The molecule has 0 aliphatic carbocycles. The van der Waals surface area contributed by atoms with Crippen LogP contribution in [0.3, 0.4) is 0 Å². The minimum absolute atomic E-state index is 0.684. The van der Waals surface area contributed by atoms with Gasteiger partial charge in [0, 0.05) is 18.3 Å². The Kier molecular flexibility index (Phi) is 7.31. The quantitative estimate of drug-likeness (QED) is 0.606. The highest BCUT2D eigenvalue weighted by atomic mass is 16.5. The summed E-state index contributed by atoms with van der Waals surface area (Å²) in [6, 6.07) is 16.3. The minimum atomic E-state index is 0.684. The Morgan fingerprint density at radius 1 is 0.870 bits per heavy atom. The van der Waals surface area contributed by atoms with Gasteiger partial charge in [0.25, 0.3) is 0 Å². The minimum Gasteiger partial charge on any atom is -0.494 e. The maximum atomic E-state index is 5.73. The molecule has 0 saturated heterocycles. The van der Waals surface area contributed by atoms with Crippen molar-refractivity contribution < 1.29 is 9.47 Å². The maximum Gasteiger partial charge on any atom is 0.121 e. The third-order valence-corrected chi connectivity index (χ3v) is 3.58. The molecule has 0 saturated carbocycles. The lowest BCUT2D eigenvalue weighted by Gasteiger charge is -2.10. The Labute approximate surface area is 139 Å². The van der Waals surface area contributed by atoms with E-state index in [2.05, 4.69) is 24.4 Å². The number of hydrogen-bond acceptors (Lipinski definition) is 3. The Morgan fingerprint density at radius 3 is 2.43 bits per heavy atom. The zero-order valence-electron chi connectivity index (χ0n) is 14.2. The molecule has 0 aliphatic rings. The number of unbranched alkanes of at least 4 members (excludes halogenated alkanes) is 2. The summed E-state index contributed by atoms with van der Waals surface area (Å²) in [5.74, 6) is 1.84. The van der Waals surface area contributed by atoms with Gasteiger partial charge in [-0.15, -0.1) is 0 Å². The van der Waals surface area contributed by atoms with E-state index in [4.69, 9.17) is 9.47 Å². The van der Waals surface area contributed by atoms with Crippen molar-refractivity contribution in [2.75, 3.05) is 18.5 Å². The molecule has 0 unspecified atom stereocenters. The van der Waals surface area contributed by atoms with Crippen LogP contribution in [0.2, 0.25) is 0 Å². The fourth-order valence-corrected chi connectivity index (χ4v) is 2.31. The smallest absolute Gasteiger partial charge is 0.121 e. The third kappa shape index (κ3) is 6.23. The molecule has 0 atom stereocenters. The molecule has 3 heteroatoms. The van der Waals surface area contributed by atoms with Gasteiger partial charge < -0.3 is 14.8 Å². The van der Waals surface area contributed by atoms with Crippen LogP contribution in [0, 0.1) is 0 Å². The predicted octanol–water partition coefficient (Wildman–Crippen LogP) is 5.27. The van der Waals surface area contributed by atoms with Gasteiger partial charge in [-0.2, -0.15) is 0 Å². The first kappa shape index (κ1) is 17.2. The average Bonchev–Trinajstić information content (AvgIpc) is 2.59. The number of rotatable bonds is 10. The largest absolute Gasteiger partial charge is 0.494 e. The van der Waals surface area contributed by atoms with Crippen LogP contribution >= 0.6 is 0 Å². The molecule has 23 heavy (non-hydrogen) atoms. The highest BCUT2D eigenvalue weighted by Gasteiger charge is 1.99. The molecule has 2 aromatic rings. The van der Waals surface area contributed by atoms with Crippen molar-refractivity contribution >= 4 is 5.69 Å². The summed E-state index contributed by atoms with van der Waals surface area (Å²) >= 11 is 0. The first-order chi connectivity index (χ1) is 11.3. The lowest BCUT2D eigenvalue weighted by atomic mass is 10.2. The molecule has 2 aromatic carbocycles. The zero-order chi connectivity index (χ0) is 16.3. The molecule has 0 aliphatic heterocycles. The molecule has 0 bridgehead atoms. The van der Waals surface area contributed by atoms with Crippen LogP contribution in [0.4, 0.5) is 5.69 Å². The van der Waals surface area contributed by atoms with Gasteiger partial charge in [-0.25, -0.2) is 0 Å². The van der Waals surface area contributed by atoms with E-state index in [0.29, 0.717) is 6.61 Å². The van der Waals surface area contributed by atoms with Gasteiger partial charge in [-0.1, -0.05) is 38.0 Å². The van der Waals surface area contributed by atoms with Gasteiger partial charge in [-0.3, -0.25) is 0 Å². The van der Waals surface area contributed by atoms with Crippen molar-refractivity contribution in [1.82, 2.24) is 0 Å². The molecule has 3 nitrogen and oxygen atoms in total. The Hall–Kier alpha value is -2.16. The highest BCUT2D eigenvalue weighted by Crippen LogP contribution is 2.19. The molecule has 0 fully saturated rings. The fraction of sp³-hybridized carbons (Fsp3) is 0.400. The van der Waals surface area contributed by atoms with E-state index in [9.17, 15) is 0 Å². The summed E-state index contributed by atoms with van der Waals surface area (Å²) in [5.41, 5.74) is 2.29. The monoisotopic (exact) mass is 313 g/mol. The molecule has 1 N–H and O–H groups in total. The molecule has 2 rings (SSSR count). The van der Waals surface area contributed by atoms with E-state index >= 15 is 0 Å². The topological polar surface area (TPSA) is 30.5 Å². The summed E-state index contributed by atoms with van der Waals surface area (Å²) in [4.78, 5) is 0. The van der Waals surface area contributed by atoms with Gasteiger partial charge in [0.05, 0.1) is 13.2 Å². The Balaban J connectivity index is 1.80. The summed E-state index contributed by atoms with van der Waals surface area (Å²) in [5, 5.41) is 3.42. The number of benzene rings is 2. The van der Waals surface area contributed by atoms with E-state index in [1.54, 1.807) is 0 Å². The number of ether oxygens (including phenoxy) is 2. The van der Waals surface area contributed by atoms with E-state index in [0.717, 1.165) is 36.8 Å². The van der Waals surface area contributed by atoms with Crippen LogP contribution in [0.25, 0.3) is 0 Å². The van der Waals surface area contributed by atoms with Crippen LogP contribution in [0.5, 0.6) is 11.5 Å². The standard InChI is InChI=1S/C20H27NO2/c1-3-5-6-14-23-19-12-10-17(11-13-19)16-21-18-8-7-9-20(15-18)22-4-2/h7-13,15,21H,3-6,14,16H2,1-2H3. The first-order valence-electron chi connectivity index (χ1n) is 8.50. The molecule has 0 aromatic heterocycles. The summed E-state index contributed by atoms with van der Waals surface area (Å²) < 4.78 is 11.2. The molecular formula is C20H27NO2. The summed E-state index contributed by atoms with van der Waals surface area (Å²) in [6.45, 7) is 6.46.